The fourth-order valence-corrected chi connectivity index (χ4v) is 5.37. The Morgan fingerprint density at radius 3 is 2.33 bits per heavy atom. The molecular formula is C26H29N3O3S. The number of nitrogens with zero attached hydrogens (tertiary/aromatic N) is 3. The molecule has 33 heavy (non-hydrogen) atoms. The van der Waals surface area contributed by atoms with E-state index in [2.05, 4.69) is 4.90 Å². The molecule has 0 N–H and O–H groups in total. The first-order valence-electron chi connectivity index (χ1n) is 11.0. The number of rotatable bonds is 5. The van der Waals surface area contributed by atoms with Gasteiger partial charge in [0.1, 0.15) is 0 Å². The van der Waals surface area contributed by atoms with Crippen LogP contribution in [0.1, 0.15) is 27.5 Å². The number of hydrogen-bond acceptors (Lipinski definition) is 4. The largest absolute Gasteiger partial charge is 0.329 e. The number of benzene rings is 3. The summed E-state index contributed by atoms with van der Waals surface area (Å²) in [6.45, 7) is 4.02. The molecule has 1 aliphatic rings. The molecule has 0 bridgehead atoms. The third-order valence-electron chi connectivity index (χ3n) is 6.17. The van der Waals surface area contributed by atoms with Crippen molar-refractivity contribution in [2.24, 2.45) is 0 Å². The van der Waals surface area contributed by atoms with Crippen molar-refractivity contribution in [1.29, 1.82) is 0 Å². The summed E-state index contributed by atoms with van der Waals surface area (Å²) < 4.78 is 27.8. The minimum atomic E-state index is -3.81. The lowest BCUT2D eigenvalue weighted by Crippen LogP contribution is -2.49. The van der Waals surface area contributed by atoms with Gasteiger partial charge >= 0.3 is 0 Å². The molecule has 0 spiro atoms. The van der Waals surface area contributed by atoms with E-state index < -0.39 is 10.0 Å². The van der Waals surface area contributed by atoms with Crippen molar-refractivity contribution >= 4 is 21.6 Å². The molecule has 3 aromatic carbocycles. The van der Waals surface area contributed by atoms with E-state index in [0.717, 1.165) is 24.2 Å². The Hall–Kier alpha value is -3.16. The lowest BCUT2D eigenvalue weighted by atomic mass is 10.0. The van der Waals surface area contributed by atoms with Crippen LogP contribution in [0.5, 0.6) is 0 Å². The van der Waals surface area contributed by atoms with Crippen LogP contribution in [0.3, 0.4) is 0 Å². The molecule has 1 saturated heterocycles. The van der Waals surface area contributed by atoms with Crippen LogP contribution in [0.15, 0.2) is 83.8 Å². The molecule has 1 heterocycles. The standard InChI is InChI=1S/C26H29N3O3S/c1-20-12-14-23(15-13-20)28(3)33(31,32)24-11-7-10-22(18-24)26(30)29-17-16-27(2)19-25(29)21-8-5-4-6-9-21/h4-15,18,25H,16-17,19H2,1-3H3. The Bertz CT molecular complexity index is 1230. The first kappa shape index (κ1) is 23.0. The summed E-state index contributed by atoms with van der Waals surface area (Å²) in [5, 5.41) is 0. The van der Waals surface area contributed by atoms with Gasteiger partial charge in [0.2, 0.25) is 0 Å². The number of piperazine rings is 1. The first-order chi connectivity index (χ1) is 15.8. The quantitative estimate of drug-likeness (QED) is 0.575. The number of aryl methyl sites for hydroxylation is 1. The van der Waals surface area contributed by atoms with Crippen LogP contribution in [0, 0.1) is 6.92 Å². The Labute approximate surface area is 196 Å². The highest BCUT2D eigenvalue weighted by Gasteiger charge is 2.31. The highest BCUT2D eigenvalue weighted by atomic mass is 32.2. The fourth-order valence-electron chi connectivity index (χ4n) is 4.13. The number of sulfonamides is 1. The molecule has 0 aliphatic carbocycles. The molecule has 1 fully saturated rings. The normalized spacial score (nSPS) is 17.1. The van der Waals surface area contributed by atoms with Gasteiger partial charge in [0, 0.05) is 32.2 Å². The van der Waals surface area contributed by atoms with Gasteiger partial charge in [-0.15, -0.1) is 0 Å². The van der Waals surface area contributed by atoms with Gasteiger partial charge in [0.15, 0.2) is 0 Å². The van der Waals surface area contributed by atoms with Gasteiger partial charge in [-0.25, -0.2) is 8.42 Å². The minimum absolute atomic E-state index is 0.0899. The molecular weight excluding hydrogens is 434 g/mol. The maximum absolute atomic E-state index is 13.5. The Kier molecular flexibility index (Phi) is 6.54. The second-order valence-electron chi connectivity index (χ2n) is 8.52. The average molecular weight is 464 g/mol. The number of amides is 1. The van der Waals surface area contributed by atoms with Gasteiger partial charge in [0.25, 0.3) is 15.9 Å². The second kappa shape index (κ2) is 9.37. The maximum Gasteiger partial charge on any atom is 0.264 e. The average Bonchev–Trinajstić information content (AvgIpc) is 2.84. The molecule has 1 atom stereocenters. The van der Waals surface area contributed by atoms with Crippen molar-refractivity contribution < 1.29 is 13.2 Å². The van der Waals surface area contributed by atoms with E-state index in [1.54, 1.807) is 24.3 Å². The maximum atomic E-state index is 13.5. The van der Waals surface area contributed by atoms with E-state index in [9.17, 15) is 13.2 Å². The zero-order chi connectivity index (χ0) is 23.6. The van der Waals surface area contributed by atoms with Gasteiger partial charge in [-0.2, -0.15) is 0 Å². The van der Waals surface area contributed by atoms with Crippen molar-refractivity contribution in [3.8, 4) is 0 Å². The molecule has 0 aromatic heterocycles. The number of carbonyl (C=O) groups excluding carboxylic acids is 1. The molecule has 0 saturated carbocycles. The first-order valence-corrected chi connectivity index (χ1v) is 12.4. The van der Waals surface area contributed by atoms with E-state index in [4.69, 9.17) is 0 Å². The van der Waals surface area contributed by atoms with Gasteiger partial charge in [0.05, 0.1) is 16.6 Å². The van der Waals surface area contributed by atoms with E-state index >= 15 is 0 Å². The highest BCUT2D eigenvalue weighted by molar-refractivity contribution is 7.92. The smallest absolute Gasteiger partial charge is 0.264 e. The van der Waals surface area contributed by atoms with Crippen LogP contribution in [0.2, 0.25) is 0 Å². The summed E-state index contributed by atoms with van der Waals surface area (Å²) in [7, 11) is -0.236. The third-order valence-corrected chi connectivity index (χ3v) is 7.95. The monoisotopic (exact) mass is 463 g/mol. The van der Waals surface area contributed by atoms with Crippen molar-refractivity contribution in [1.82, 2.24) is 9.80 Å². The second-order valence-corrected chi connectivity index (χ2v) is 10.5. The molecule has 4 rings (SSSR count). The van der Waals surface area contributed by atoms with Crippen LogP contribution in [-0.2, 0) is 10.0 Å². The van der Waals surface area contributed by atoms with Gasteiger partial charge in [-0.05, 0) is 49.9 Å². The lowest BCUT2D eigenvalue weighted by Gasteiger charge is -2.40. The zero-order valence-corrected chi connectivity index (χ0v) is 20.0. The molecule has 1 aliphatic heterocycles. The zero-order valence-electron chi connectivity index (χ0n) is 19.2. The van der Waals surface area contributed by atoms with Gasteiger partial charge in [-0.1, -0.05) is 54.1 Å². The molecule has 3 aromatic rings. The molecule has 1 amide bonds. The number of hydrogen-bond donors (Lipinski definition) is 0. The third kappa shape index (κ3) is 4.79. The molecule has 6 nitrogen and oxygen atoms in total. The van der Waals surface area contributed by atoms with Crippen molar-refractivity contribution in [3.63, 3.8) is 0 Å². The van der Waals surface area contributed by atoms with Gasteiger partial charge in [-0.3, -0.25) is 9.10 Å². The van der Waals surface area contributed by atoms with Crippen LogP contribution < -0.4 is 4.31 Å². The minimum Gasteiger partial charge on any atom is -0.329 e. The molecule has 172 valence electrons. The number of anilines is 1. The number of carbonyl (C=O) groups is 1. The lowest BCUT2D eigenvalue weighted by molar-refractivity contribution is 0.0498. The van der Waals surface area contributed by atoms with Crippen LogP contribution in [0.4, 0.5) is 5.69 Å². The summed E-state index contributed by atoms with van der Waals surface area (Å²) in [5.41, 5.74) is 3.07. The van der Waals surface area contributed by atoms with Crippen molar-refractivity contribution in [2.75, 3.05) is 38.0 Å². The van der Waals surface area contributed by atoms with Gasteiger partial charge < -0.3 is 9.80 Å². The van der Waals surface area contributed by atoms with E-state index in [0.29, 0.717) is 17.8 Å². The molecule has 7 heteroatoms. The van der Waals surface area contributed by atoms with Crippen molar-refractivity contribution in [2.45, 2.75) is 17.9 Å². The summed E-state index contributed by atoms with van der Waals surface area (Å²) in [6, 6.07) is 23.5. The molecule has 0 radical (unpaired) electrons. The topological polar surface area (TPSA) is 60.9 Å². The van der Waals surface area contributed by atoms with Crippen LogP contribution in [0.25, 0.3) is 0 Å². The van der Waals surface area contributed by atoms with Crippen LogP contribution >= 0.6 is 0 Å². The SMILES string of the molecule is Cc1ccc(N(C)S(=O)(=O)c2cccc(C(=O)N3CCN(C)CC3c3ccccc3)c2)cc1. The van der Waals surface area contributed by atoms with Crippen molar-refractivity contribution in [3.05, 3.63) is 95.6 Å². The highest BCUT2D eigenvalue weighted by Crippen LogP contribution is 2.28. The predicted octanol–water partition coefficient (Wildman–Crippen LogP) is 3.95. The Morgan fingerprint density at radius 1 is 0.939 bits per heavy atom. The summed E-state index contributed by atoms with van der Waals surface area (Å²) >= 11 is 0. The fraction of sp³-hybridized carbons (Fsp3) is 0.269. The predicted molar refractivity (Wildman–Crippen MR) is 131 cm³/mol. The summed E-state index contributed by atoms with van der Waals surface area (Å²) in [5.74, 6) is -0.160. The molecule has 1 unspecified atom stereocenters. The Balaban J connectivity index is 1.64. The summed E-state index contributed by atoms with van der Waals surface area (Å²) in [4.78, 5) is 17.7. The van der Waals surface area contributed by atoms with Crippen LogP contribution in [-0.4, -0.2) is 57.9 Å². The van der Waals surface area contributed by atoms with E-state index in [1.165, 1.54) is 23.5 Å². The van der Waals surface area contributed by atoms with E-state index in [-0.39, 0.29) is 16.8 Å². The van der Waals surface area contributed by atoms with E-state index in [1.807, 2.05) is 61.3 Å². The Morgan fingerprint density at radius 2 is 1.64 bits per heavy atom. The summed E-state index contributed by atoms with van der Waals surface area (Å²) in [6.07, 6.45) is 0. The number of likely N-dealkylation sites (N-methyl/N-ethyl adjacent to an activating group) is 1.